The zero-order valence-corrected chi connectivity index (χ0v) is 14.9. The van der Waals surface area contributed by atoms with Crippen LogP contribution < -0.4 is 0 Å². The minimum Gasteiger partial charge on any atom is -0.330 e. The van der Waals surface area contributed by atoms with E-state index in [1.54, 1.807) is 11.3 Å². The first-order valence-corrected chi connectivity index (χ1v) is 9.01. The van der Waals surface area contributed by atoms with Gasteiger partial charge in [-0.1, -0.05) is 41.5 Å². The minimum absolute atomic E-state index is 0.161. The maximum absolute atomic E-state index is 13.4. The Morgan fingerprint density at radius 2 is 1.79 bits per heavy atom. The van der Waals surface area contributed by atoms with E-state index in [-0.39, 0.29) is 5.78 Å². The fourth-order valence-corrected chi connectivity index (χ4v) is 4.30. The average Bonchev–Trinajstić information content (AvgIpc) is 3.12. The van der Waals surface area contributed by atoms with E-state index in [2.05, 4.69) is 53.8 Å². The van der Waals surface area contributed by atoms with Gasteiger partial charge in [0, 0.05) is 17.1 Å². The van der Waals surface area contributed by atoms with Crippen LogP contribution in [0.25, 0.3) is 11.3 Å². The highest BCUT2D eigenvalue weighted by Crippen LogP contribution is 2.46. The number of Topliss-reactive ketones (excluding diaryl/α,β-unsaturated/α-hetero) is 1. The first-order chi connectivity index (χ1) is 11.5. The van der Waals surface area contributed by atoms with Crippen molar-refractivity contribution in [2.75, 3.05) is 0 Å². The van der Waals surface area contributed by atoms with Crippen molar-refractivity contribution < 1.29 is 4.79 Å². The molecule has 1 aromatic carbocycles. The van der Waals surface area contributed by atoms with Gasteiger partial charge >= 0.3 is 0 Å². The number of ketones is 1. The molecule has 24 heavy (non-hydrogen) atoms. The highest BCUT2D eigenvalue weighted by molar-refractivity contribution is 7.08. The van der Waals surface area contributed by atoms with Gasteiger partial charge in [0.15, 0.2) is 5.78 Å². The fourth-order valence-electron chi connectivity index (χ4n) is 3.66. The van der Waals surface area contributed by atoms with E-state index >= 15 is 0 Å². The van der Waals surface area contributed by atoms with Crippen LogP contribution in [0.1, 0.15) is 29.2 Å². The smallest absolute Gasteiger partial charge is 0.195 e. The number of carbonyl (C=O) groups is 1. The molecule has 3 heteroatoms. The van der Waals surface area contributed by atoms with Crippen molar-refractivity contribution in [3.8, 4) is 0 Å². The van der Waals surface area contributed by atoms with Crippen molar-refractivity contribution in [1.29, 1.82) is 0 Å². The second-order valence-electron chi connectivity index (χ2n) is 6.66. The molecular formula is C21H19NOS. The number of allylic oxidation sites excluding steroid dienone is 2. The fraction of sp³-hybridized carbons (Fsp3) is 0.190. The van der Waals surface area contributed by atoms with E-state index in [0.29, 0.717) is 0 Å². The summed E-state index contributed by atoms with van der Waals surface area (Å²) in [6.07, 6.45) is 7.97. The molecular weight excluding hydrogens is 314 g/mol. The molecule has 0 aliphatic carbocycles. The molecule has 0 amide bonds. The van der Waals surface area contributed by atoms with Gasteiger partial charge in [0.1, 0.15) is 5.54 Å². The average molecular weight is 333 g/mol. The standard InChI is InChI=1S/C21H19NOS/c1-14-10-15(2)12-17(11-14)18-19(16-6-9-24-13-16)22-8-5-4-7-21(22,3)20(18)23/h4-13H,1-3H3. The van der Waals surface area contributed by atoms with E-state index in [4.69, 9.17) is 0 Å². The molecule has 2 aromatic rings. The van der Waals surface area contributed by atoms with Crippen LogP contribution in [0.2, 0.25) is 0 Å². The summed E-state index contributed by atoms with van der Waals surface area (Å²) in [5, 5.41) is 4.17. The van der Waals surface area contributed by atoms with E-state index in [9.17, 15) is 4.79 Å². The molecule has 0 fully saturated rings. The normalized spacial score (nSPS) is 22.5. The zero-order valence-electron chi connectivity index (χ0n) is 14.0. The van der Waals surface area contributed by atoms with Crippen LogP contribution in [0.5, 0.6) is 0 Å². The minimum atomic E-state index is -0.640. The van der Waals surface area contributed by atoms with Gasteiger partial charge in [-0.05, 0) is 43.9 Å². The molecule has 1 unspecified atom stereocenters. The molecule has 120 valence electrons. The molecule has 0 spiro atoms. The summed E-state index contributed by atoms with van der Waals surface area (Å²) in [4.78, 5) is 15.5. The highest BCUT2D eigenvalue weighted by Gasteiger charge is 2.48. The number of hydrogen-bond donors (Lipinski definition) is 0. The van der Waals surface area contributed by atoms with Gasteiger partial charge in [-0.15, -0.1) is 0 Å². The number of rotatable bonds is 2. The third kappa shape index (κ3) is 2.12. The third-order valence-corrected chi connectivity index (χ3v) is 5.42. The SMILES string of the molecule is Cc1cc(C)cc(C2=C(c3ccsc3)N3C=CC=CC3(C)C2=O)c1. The summed E-state index contributed by atoms with van der Waals surface area (Å²) in [6, 6.07) is 8.46. The van der Waals surface area contributed by atoms with Crippen LogP contribution in [-0.2, 0) is 4.79 Å². The zero-order chi connectivity index (χ0) is 16.9. The number of thiophene rings is 1. The molecule has 4 rings (SSSR count). The Bertz CT molecular complexity index is 897. The summed E-state index contributed by atoms with van der Waals surface area (Å²) < 4.78 is 0. The van der Waals surface area contributed by atoms with Crippen LogP contribution in [0.15, 0.2) is 59.5 Å². The lowest BCUT2D eigenvalue weighted by Gasteiger charge is -2.34. The Morgan fingerprint density at radius 3 is 2.46 bits per heavy atom. The van der Waals surface area contributed by atoms with E-state index in [1.807, 2.05) is 31.4 Å². The summed E-state index contributed by atoms with van der Waals surface area (Å²) in [5.41, 5.74) is 5.65. The highest BCUT2D eigenvalue weighted by atomic mass is 32.1. The maximum atomic E-state index is 13.4. The number of fused-ring (bicyclic) bond motifs is 1. The summed E-state index contributed by atoms with van der Waals surface area (Å²) in [5.74, 6) is 0.161. The Kier molecular flexibility index (Phi) is 3.36. The van der Waals surface area contributed by atoms with Crippen LogP contribution in [0, 0.1) is 13.8 Å². The maximum Gasteiger partial charge on any atom is 0.195 e. The van der Waals surface area contributed by atoms with Crippen LogP contribution >= 0.6 is 11.3 Å². The summed E-state index contributed by atoms with van der Waals surface area (Å²) in [6.45, 7) is 6.16. The predicted molar refractivity (Wildman–Crippen MR) is 101 cm³/mol. The van der Waals surface area contributed by atoms with Gasteiger partial charge in [-0.25, -0.2) is 0 Å². The molecule has 2 aliphatic rings. The quantitative estimate of drug-likeness (QED) is 0.774. The number of benzene rings is 1. The number of hydrogen-bond acceptors (Lipinski definition) is 3. The molecule has 0 N–H and O–H groups in total. The molecule has 1 atom stereocenters. The molecule has 1 aromatic heterocycles. The number of nitrogens with zero attached hydrogens (tertiary/aromatic N) is 1. The molecule has 2 aliphatic heterocycles. The monoisotopic (exact) mass is 333 g/mol. The van der Waals surface area contributed by atoms with Gasteiger partial charge in [-0.3, -0.25) is 4.79 Å². The summed E-state index contributed by atoms with van der Waals surface area (Å²) >= 11 is 1.66. The Hall–Kier alpha value is -2.39. The van der Waals surface area contributed by atoms with Crippen molar-refractivity contribution in [2.45, 2.75) is 26.3 Å². The second-order valence-corrected chi connectivity index (χ2v) is 7.44. The first kappa shape index (κ1) is 15.2. The van der Waals surface area contributed by atoms with Crippen LogP contribution in [0.4, 0.5) is 0 Å². The van der Waals surface area contributed by atoms with Crippen molar-refractivity contribution in [3.05, 3.63) is 81.7 Å². The first-order valence-electron chi connectivity index (χ1n) is 8.06. The van der Waals surface area contributed by atoms with E-state index in [1.165, 1.54) is 11.1 Å². The Morgan fingerprint density at radius 1 is 1.04 bits per heavy atom. The number of aryl methyl sites for hydroxylation is 2. The lowest BCUT2D eigenvalue weighted by Crippen LogP contribution is -2.43. The van der Waals surface area contributed by atoms with Crippen molar-refractivity contribution in [3.63, 3.8) is 0 Å². The molecule has 0 saturated carbocycles. The Balaban J connectivity index is 2.02. The number of carbonyl (C=O) groups excluding carboxylic acids is 1. The largest absolute Gasteiger partial charge is 0.330 e. The van der Waals surface area contributed by atoms with E-state index < -0.39 is 5.54 Å². The molecule has 3 heterocycles. The Labute approximate surface area is 146 Å². The van der Waals surface area contributed by atoms with Gasteiger partial charge in [-0.2, -0.15) is 11.3 Å². The lowest BCUT2D eigenvalue weighted by molar-refractivity contribution is -0.118. The summed E-state index contributed by atoms with van der Waals surface area (Å²) in [7, 11) is 0. The topological polar surface area (TPSA) is 20.3 Å². The lowest BCUT2D eigenvalue weighted by atomic mass is 9.88. The van der Waals surface area contributed by atoms with Crippen LogP contribution in [0.3, 0.4) is 0 Å². The van der Waals surface area contributed by atoms with Crippen molar-refractivity contribution in [1.82, 2.24) is 4.90 Å². The molecule has 2 nitrogen and oxygen atoms in total. The van der Waals surface area contributed by atoms with Crippen molar-refractivity contribution >= 4 is 28.4 Å². The molecule has 0 saturated heterocycles. The van der Waals surface area contributed by atoms with Crippen molar-refractivity contribution in [2.24, 2.45) is 0 Å². The molecule has 0 radical (unpaired) electrons. The van der Waals surface area contributed by atoms with Gasteiger partial charge in [0.05, 0.1) is 11.3 Å². The predicted octanol–water partition coefficient (Wildman–Crippen LogP) is 4.96. The van der Waals surface area contributed by atoms with Gasteiger partial charge in [0.2, 0.25) is 0 Å². The third-order valence-electron chi connectivity index (χ3n) is 4.74. The molecule has 0 bridgehead atoms. The van der Waals surface area contributed by atoms with Gasteiger partial charge < -0.3 is 4.90 Å². The van der Waals surface area contributed by atoms with Gasteiger partial charge in [0.25, 0.3) is 0 Å². The van der Waals surface area contributed by atoms with E-state index in [0.717, 1.165) is 22.4 Å². The second kappa shape index (κ2) is 5.32. The van der Waals surface area contributed by atoms with Crippen LogP contribution in [-0.4, -0.2) is 16.2 Å².